The lowest BCUT2D eigenvalue weighted by atomic mass is 10.1. The first kappa shape index (κ1) is 12.2. The Labute approximate surface area is 90.8 Å². The summed E-state index contributed by atoms with van der Waals surface area (Å²) in [6.07, 6.45) is 9.05. The van der Waals surface area contributed by atoms with Crippen molar-refractivity contribution in [2.24, 2.45) is 0 Å². The van der Waals surface area contributed by atoms with Gasteiger partial charge in [0.15, 0.2) is 0 Å². The van der Waals surface area contributed by atoms with Gasteiger partial charge in [-0.15, -0.1) is 0 Å². The quantitative estimate of drug-likeness (QED) is 0.503. The van der Waals surface area contributed by atoms with E-state index in [1.54, 1.807) is 0 Å². The van der Waals surface area contributed by atoms with Gasteiger partial charge in [-0.1, -0.05) is 24.5 Å². The summed E-state index contributed by atoms with van der Waals surface area (Å²) in [7, 11) is 0. The second-order valence-corrected chi connectivity index (χ2v) is 4.24. The molecule has 3 heteroatoms. The highest BCUT2D eigenvalue weighted by Gasteiger charge is 2.11. The lowest BCUT2D eigenvalue weighted by Crippen LogP contribution is -1.93. The van der Waals surface area contributed by atoms with E-state index in [-0.39, 0.29) is 6.10 Å². The molecule has 0 heterocycles. The maximum Gasteiger partial charge on any atom is 0.303 e. The number of carboxylic acid groups (broad SMARTS) is 1. The van der Waals surface area contributed by atoms with Crippen molar-refractivity contribution in [3.63, 3.8) is 0 Å². The number of unbranched alkanes of at least 4 members (excludes halogenated alkanes) is 3. The molecule has 0 amide bonds. The van der Waals surface area contributed by atoms with E-state index >= 15 is 0 Å². The van der Waals surface area contributed by atoms with Crippen molar-refractivity contribution in [2.45, 2.75) is 57.5 Å². The minimum absolute atomic E-state index is 0.216. The molecule has 0 aromatic rings. The largest absolute Gasteiger partial charge is 0.481 e. The number of aliphatic hydroxyl groups excluding tert-OH is 1. The highest BCUT2D eigenvalue weighted by Crippen LogP contribution is 2.23. The number of carbonyl (C=O) groups is 1. The molecule has 15 heavy (non-hydrogen) atoms. The fourth-order valence-electron chi connectivity index (χ4n) is 1.96. The standard InChI is InChI=1S/C12H20O3/c13-11-8-7-10(9-11)5-3-1-2-4-6-12(14)15/h9,11,13H,1-8H2,(H,14,15)/t11-/m1/s1. The fraction of sp³-hybridized carbons (Fsp3) is 0.750. The fourth-order valence-corrected chi connectivity index (χ4v) is 1.96. The van der Waals surface area contributed by atoms with E-state index in [4.69, 9.17) is 5.11 Å². The number of aliphatic hydroxyl groups is 1. The molecule has 0 saturated heterocycles. The number of aliphatic carboxylic acids is 1. The van der Waals surface area contributed by atoms with Crippen LogP contribution in [0.5, 0.6) is 0 Å². The van der Waals surface area contributed by atoms with Gasteiger partial charge < -0.3 is 10.2 Å². The van der Waals surface area contributed by atoms with Gasteiger partial charge in [0.25, 0.3) is 0 Å². The Bertz CT molecular complexity index is 233. The van der Waals surface area contributed by atoms with E-state index in [0.29, 0.717) is 6.42 Å². The van der Waals surface area contributed by atoms with Gasteiger partial charge in [-0.2, -0.15) is 0 Å². The van der Waals surface area contributed by atoms with Crippen molar-refractivity contribution in [3.05, 3.63) is 11.6 Å². The zero-order valence-electron chi connectivity index (χ0n) is 9.11. The molecule has 0 aliphatic heterocycles. The molecule has 2 N–H and O–H groups in total. The van der Waals surface area contributed by atoms with Crippen molar-refractivity contribution in [2.75, 3.05) is 0 Å². The first-order valence-corrected chi connectivity index (χ1v) is 5.78. The lowest BCUT2D eigenvalue weighted by molar-refractivity contribution is -0.137. The van der Waals surface area contributed by atoms with E-state index in [1.165, 1.54) is 5.57 Å². The SMILES string of the molecule is O=C(O)CCCCCCC1=C[C@H](O)CC1. The van der Waals surface area contributed by atoms with Gasteiger partial charge in [-0.3, -0.25) is 4.79 Å². The first-order valence-electron chi connectivity index (χ1n) is 5.78. The third-order valence-electron chi connectivity index (χ3n) is 2.83. The van der Waals surface area contributed by atoms with Crippen LogP contribution < -0.4 is 0 Å². The molecule has 0 bridgehead atoms. The summed E-state index contributed by atoms with van der Waals surface area (Å²) in [6.45, 7) is 0. The van der Waals surface area contributed by atoms with Crippen molar-refractivity contribution in [1.29, 1.82) is 0 Å². The van der Waals surface area contributed by atoms with Crippen LogP contribution >= 0.6 is 0 Å². The minimum Gasteiger partial charge on any atom is -0.481 e. The number of rotatable bonds is 7. The van der Waals surface area contributed by atoms with Crippen LogP contribution in [0.3, 0.4) is 0 Å². The van der Waals surface area contributed by atoms with Gasteiger partial charge in [0.05, 0.1) is 6.10 Å². The monoisotopic (exact) mass is 212 g/mol. The van der Waals surface area contributed by atoms with E-state index in [2.05, 4.69) is 0 Å². The molecule has 0 radical (unpaired) electrons. The Morgan fingerprint density at radius 3 is 2.67 bits per heavy atom. The van der Waals surface area contributed by atoms with Crippen molar-refractivity contribution in [1.82, 2.24) is 0 Å². The van der Waals surface area contributed by atoms with Crippen LogP contribution in [0.2, 0.25) is 0 Å². The average molecular weight is 212 g/mol. The topological polar surface area (TPSA) is 57.5 Å². The van der Waals surface area contributed by atoms with Crippen LogP contribution in [0.4, 0.5) is 0 Å². The molecule has 1 rings (SSSR count). The third-order valence-corrected chi connectivity index (χ3v) is 2.83. The molecular weight excluding hydrogens is 192 g/mol. The Morgan fingerprint density at radius 2 is 2.07 bits per heavy atom. The molecule has 1 atom stereocenters. The summed E-state index contributed by atoms with van der Waals surface area (Å²) in [5.74, 6) is -0.698. The highest BCUT2D eigenvalue weighted by molar-refractivity contribution is 5.66. The third kappa shape index (κ3) is 5.57. The van der Waals surface area contributed by atoms with Crippen LogP contribution in [0.15, 0.2) is 11.6 Å². The van der Waals surface area contributed by atoms with Crippen LogP contribution in [0.25, 0.3) is 0 Å². The summed E-state index contributed by atoms with van der Waals surface area (Å²) >= 11 is 0. The Morgan fingerprint density at radius 1 is 1.33 bits per heavy atom. The molecule has 0 fully saturated rings. The second kappa shape index (κ2) is 6.62. The smallest absolute Gasteiger partial charge is 0.303 e. The van der Waals surface area contributed by atoms with Gasteiger partial charge in [0.2, 0.25) is 0 Å². The van der Waals surface area contributed by atoms with Gasteiger partial charge in [-0.05, 0) is 32.1 Å². The summed E-state index contributed by atoms with van der Waals surface area (Å²) in [5.41, 5.74) is 1.38. The predicted molar refractivity (Wildman–Crippen MR) is 58.7 cm³/mol. The van der Waals surface area contributed by atoms with Crippen LogP contribution in [0, 0.1) is 0 Å². The molecular formula is C12H20O3. The van der Waals surface area contributed by atoms with Gasteiger partial charge in [-0.25, -0.2) is 0 Å². The number of allylic oxidation sites excluding steroid dienone is 1. The van der Waals surface area contributed by atoms with Gasteiger partial charge >= 0.3 is 5.97 Å². The van der Waals surface area contributed by atoms with Crippen molar-refractivity contribution in [3.8, 4) is 0 Å². The van der Waals surface area contributed by atoms with E-state index in [0.717, 1.165) is 44.9 Å². The normalized spacial score (nSPS) is 20.3. The molecule has 0 spiro atoms. The first-order chi connectivity index (χ1) is 7.18. The van der Waals surface area contributed by atoms with E-state index < -0.39 is 5.97 Å². The molecule has 1 aliphatic rings. The zero-order chi connectivity index (χ0) is 11.1. The summed E-state index contributed by atoms with van der Waals surface area (Å²) in [6, 6.07) is 0. The van der Waals surface area contributed by atoms with E-state index in [9.17, 15) is 9.90 Å². The highest BCUT2D eigenvalue weighted by atomic mass is 16.4. The molecule has 86 valence electrons. The summed E-state index contributed by atoms with van der Waals surface area (Å²) in [4.78, 5) is 10.2. The number of hydrogen-bond acceptors (Lipinski definition) is 2. The average Bonchev–Trinajstić information content (AvgIpc) is 2.57. The zero-order valence-corrected chi connectivity index (χ0v) is 9.11. The number of carboxylic acids is 1. The maximum atomic E-state index is 10.2. The lowest BCUT2D eigenvalue weighted by Gasteiger charge is -2.01. The van der Waals surface area contributed by atoms with Crippen LogP contribution in [0.1, 0.15) is 51.4 Å². The van der Waals surface area contributed by atoms with Gasteiger partial charge in [0, 0.05) is 6.42 Å². The maximum absolute atomic E-state index is 10.2. The summed E-state index contributed by atoms with van der Waals surface area (Å²) < 4.78 is 0. The molecule has 0 saturated carbocycles. The molecule has 0 aromatic heterocycles. The Kier molecular flexibility index (Phi) is 5.40. The summed E-state index contributed by atoms with van der Waals surface area (Å²) in [5, 5.41) is 17.7. The predicted octanol–water partition coefficient (Wildman–Crippen LogP) is 2.49. The van der Waals surface area contributed by atoms with Crippen LogP contribution in [-0.2, 0) is 4.79 Å². The van der Waals surface area contributed by atoms with Crippen LogP contribution in [-0.4, -0.2) is 22.3 Å². The molecule has 3 nitrogen and oxygen atoms in total. The minimum atomic E-state index is -0.698. The Balaban J connectivity index is 1.93. The Hall–Kier alpha value is -0.830. The van der Waals surface area contributed by atoms with Gasteiger partial charge in [0.1, 0.15) is 0 Å². The second-order valence-electron chi connectivity index (χ2n) is 4.24. The molecule has 1 aliphatic carbocycles. The number of hydrogen-bond donors (Lipinski definition) is 2. The molecule has 0 unspecified atom stereocenters. The van der Waals surface area contributed by atoms with E-state index in [1.807, 2.05) is 6.08 Å². The van der Waals surface area contributed by atoms with Crippen molar-refractivity contribution < 1.29 is 15.0 Å². The molecule has 0 aromatic carbocycles. The van der Waals surface area contributed by atoms with Crippen molar-refractivity contribution >= 4 is 5.97 Å².